The molecule has 1 amide bonds. The summed E-state index contributed by atoms with van der Waals surface area (Å²) in [5.41, 5.74) is 0.545. The number of ether oxygens (including phenoxy) is 1. The molecule has 0 aliphatic carbocycles. The van der Waals surface area contributed by atoms with E-state index >= 15 is 0 Å². The van der Waals surface area contributed by atoms with Crippen LogP contribution in [0.3, 0.4) is 0 Å². The number of rotatable bonds is 7. The summed E-state index contributed by atoms with van der Waals surface area (Å²) in [7, 11) is 1.65. The predicted molar refractivity (Wildman–Crippen MR) is 116 cm³/mol. The molecule has 0 spiro atoms. The van der Waals surface area contributed by atoms with E-state index in [0.29, 0.717) is 18.1 Å². The van der Waals surface area contributed by atoms with Crippen LogP contribution in [0.1, 0.15) is 15.5 Å². The molecule has 1 aromatic carbocycles. The van der Waals surface area contributed by atoms with Crippen LogP contribution in [-0.4, -0.2) is 45.2 Å². The zero-order valence-corrected chi connectivity index (χ0v) is 18.0. The molecule has 0 N–H and O–H groups in total. The molecule has 4 rings (SSSR count). The average molecular weight is 457 g/mol. The number of carbonyl (C=O) groups is 2. The van der Waals surface area contributed by atoms with Crippen LogP contribution in [0.2, 0.25) is 0 Å². The summed E-state index contributed by atoms with van der Waals surface area (Å²) < 4.78 is 19.9. The van der Waals surface area contributed by atoms with Crippen molar-refractivity contribution in [1.29, 1.82) is 0 Å². The molecule has 3 aromatic heterocycles. The van der Waals surface area contributed by atoms with Gasteiger partial charge in [0.15, 0.2) is 12.4 Å². The number of likely N-dealkylation sites (N-methyl/N-ethyl adjacent to an activating group) is 1. The molecule has 10 heteroatoms. The molecule has 0 aliphatic heterocycles. The van der Waals surface area contributed by atoms with E-state index in [0.717, 1.165) is 9.75 Å². The van der Waals surface area contributed by atoms with E-state index in [1.54, 1.807) is 30.5 Å². The van der Waals surface area contributed by atoms with Gasteiger partial charge >= 0.3 is 5.97 Å². The summed E-state index contributed by atoms with van der Waals surface area (Å²) in [4.78, 5) is 32.4. The first-order valence-corrected chi connectivity index (χ1v) is 11.0. The Bertz CT molecular complexity index is 1170. The number of esters is 1. The lowest BCUT2D eigenvalue weighted by Gasteiger charge is -2.15. The number of hydrogen-bond donors (Lipinski definition) is 0. The van der Waals surface area contributed by atoms with Crippen molar-refractivity contribution in [2.75, 3.05) is 13.7 Å². The van der Waals surface area contributed by atoms with E-state index in [1.807, 2.05) is 35.0 Å². The Morgan fingerprint density at radius 3 is 2.52 bits per heavy atom. The number of thiophene rings is 2. The number of nitrogens with zero attached hydrogens (tertiary/aromatic N) is 4. The molecule has 0 atom stereocenters. The van der Waals surface area contributed by atoms with Gasteiger partial charge in [-0.15, -0.1) is 27.8 Å². The number of benzene rings is 1. The maximum atomic E-state index is 13.3. The summed E-state index contributed by atoms with van der Waals surface area (Å²) >= 11 is 2.97. The monoisotopic (exact) mass is 456 g/mol. The third-order valence-electron chi connectivity index (χ3n) is 4.33. The van der Waals surface area contributed by atoms with Gasteiger partial charge in [-0.25, -0.2) is 13.9 Å². The van der Waals surface area contributed by atoms with Gasteiger partial charge in [-0.05, 0) is 47.2 Å². The second-order valence-electron chi connectivity index (χ2n) is 6.53. The quantitative estimate of drug-likeness (QED) is 0.393. The van der Waals surface area contributed by atoms with Gasteiger partial charge in [0.05, 0.1) is 17.1 Å². The van der Waals surface area contributed by atoms with Gasteiger partial charge in [-0.1, -0.05) is 12.1 Å². The molecule has 0 radical (unpaired) electrons. The summed E-state index contributed by atoms with van der Waals surface area (Å²) in [6, 6.07) is 13.2. The van der Waals surface area contributed by atoms with Crippen LogP contribution in [0.25, 0.3) is 16.4 Å². The van der Waals surface area contributed by atoms with Crippen molar-refractivity contribution in [1.82, 2.24) is 19.7 Å². The van der Waals surface area contributed by atoms with Crippen LogP contribution in [0.15, 0.2) is 59.3 Å². The second-order valence-corrected chi connectivity index (χ2v) is 8.51. The SMILES string of the molecule is CN(Cc1cccs1)C(=O)COC(=O)c1nc(-c2cccs2)n(-c2ccc(F)cc2)n1. The maximum absolute atomic E-state index is 13.3. The van der Waals surface area contributed by atoms with Gasteiger partial charge in [0.2, 0.25) is 0 Å². The fourth-order valence-corrected chi connectivity index (χ4v) is 4.21. The van der Waals surface area contributed by atoms with Crippen molar-refractivity contribution >= 4 is 34.6 Å². The highest BCUT2D eigenvalue weighted by atomic mass is 32.1. The first-order valence-electron chi connectivity index (χ1n) is 9.21. The number of carbonyl (C=O) groups excluding carboxylic acids is 2. The Morgan fingerprint density at radius 2 is 1.84 bits per heavy atom. The standard InChI is InChI=1S/C21H17FN4O3S2/c1-25(12-16-4-2-10-30-16)18(27)13-29-21(28)19-23-20(17-5-3-11-31-17)26(24-19)15-8-6-14(22)7-9-15/h2-11H,12-13H2,1H3. The predicted octanol–water partition coefficient (Wildman–Crippen LogP) is 4.01. The second kappa shape index (κ2) is 9.19. The van der Waals surface area contributed by atoms with Gasteiger partial charge in [0, 0.05) is 11.9 Å². The van der Waals surface area contributed by atoms with Gasteiger partial charge < -0.3 is 9.64 Å². The van der Waals surface area contributed by atoms with Crippen LogP contribution in [-0.2, 0) is 16.1 Å². The normalized spacial score (nSPS) is 10.8. The molecule has 0 saturated carbocycles. The molecule has 0 aliphatic rings. The molecule has 31 heavy (non-hydrogen) atoms. The zero-order valence-electron chi connectivity index (χ0n) is 16.4. The fourth-order valence-electron chi connectivity index (χ4n) is 2.75. The van der Waals surface area contributed by atoms with E-state index < -0.39 is 12.6 Å². The molecule has 0 bridgehead atoms. The molecule has 7 nitrogen and oxygen atoms in total. The van der Waals surface area contributed by atoms with Crippen LogP contribution in [0, 0.1) is 5.82 Å². The average Bonchev–Trinajstić information content (AvgIpc) is 3.53. The van der Waals surface area contributed by atoms with Crippen molar-refractivity contribution in [2.45, 2.75) is 6.54 Å². The molecular formula is C21H17FN4O3S2. The minimum atomic E-state index is -0.809. The number of hydrogen-bond acceptors (Lipinski definition) is 7. The third-order valence-corrected chi connectivity index (χ3v) is 6.06. The lowest BCUT2D eigenvalue weighted by molar-refractivity contribution is -0.133. The highest BCUT2D eigenvalue weighted by Gasteiger charge is 2.22. The molecule has 3 heterocycles. The Balaban J connectivity index is 1.49. The van der Waals surface area contributed by atoms with Crippen molar-refractivity contribution in [3.05, 3.63) is 75.8 Å². The summed E-state index contributed by atoms with van der Waals surface area (Å²) in [6.07, 6.45) is 0. The van der Waals surface area contributed by atoms with Crippen molar-refractivity contribution < 1.29 is 18.7 Å². The number of halogens is 1. The number of aromatic nitrogens is 3. The third kappa shape index (κ3) is 4.86. The highest BCUT2D eigenvalue weighted by Crippen LogP contribution is 2.26. The van der Waals surface area contributed by atoms with Crippen molar-refractivity contribution in [3.63, 3.8) is 0 Å². The highest BCUT2D eigenvalue weighted by molar-refractivity contribution is 7.13. The minimum Gasteiger partial charge on any atom is -0.450 e. The smallest absolute Gasteiger partial charge is 0.378 e. The van der Waals surface area contributed by atoms with E-state index in [-0.39, 0.29) is 17.5 Å². The van der Waals surface area contributed by atoms with Gasteiger partial charge in [-0.3, -0.25) is 4.79 Å². The Labute approximate surface area is 185 Å². The van der Waals surface area contributed by atoms with Gasteiger partial charge in [0.25, 0.3) is 11.7 Å². The van der Waals surface area contributed by atoms with E-state index in [2.05, 4.69) is 10.1 Å². The summed E-state index contributed by atoms with van der Waals surface area (Å²) in [5, 5.41) is 8.05. The lowest BCUT2D eigenvalue weighted by Crippen LogP contribution is -2.30. The first kappa shape index (κ1) is 20.9. The minimum absolute atomic E-state index is 0.179. The topological polar surface area (TPSA) is 77.3 Å². The van der Waals surface area contributed by atoms with Crippen molar-refractivity contribution in [3.8, 4) is 16.4 Å². The fraction of sp³-hybridized carbons (Fsp3) is 0.143. The van der Waals surface area contributed by atoms with Crippen molar-refractivity contribution in [2.24, 2.45) is 0 Å². The molecule has 4 aromatic rings. The van der Waals surface area contributed by atoms with Crippen LogP contribution in [0.5, 0.6) is 0 Å². The molecule has 0 unspecified atom stereocenters. The summed E-state index contributed by atoms with van der Waals surface area (Å²) in [5.74, 6) is -1.28. The van der Waals surface area contributed by atoms with Crippen LogP contribution >= 0.6 is 22.7 Å². The van der Waals surface area contributed by atoms with Gasteiger partial charge in [-0.2, -0.15) is 4.98 Å². The zero-order chi connectivity index (χ0) is 21.8. The molecular weight excluding hydrogens is 439 g/mol. The molecule has 158 valence electrons. The molecule has 0 saturated heterocycles. The Kier molecular flexibility index (Phi) is 6.19. The van der Waals surface area contributed by atoms with E-state index in [9.17, 15) is 14.0 Å². The Morgan fingerprint density at radius 1 is 1.10 bits per heavy atom. The maximum Gasteiger partial charge on any atom is 0.378 e. The Hall–Kier alpha value is -3.37. The van der Waals surface area contributed by atoms with E-state index in [1.165, 1.54) is 33.1 Å². The summed E-state index contributed by atoms with van der Waals surface area (Å²) in [6.45, 7) is 0.0220. The van der Waals surface area contributed by atoms with E-state index in [4.69, 9.17) is 4.74 Å². The first-order chi connectivity index (χ1) is 15.0. The largest absolute Gasteiger partial charge is 0.450 e. The molecule has 0 fully saturated rings. The lowest BCUT2D eigenvalue weighted by atomic mass is 10.3. The van der Waals surface area contributed by atoms with Gasteiger partial charge in [0.1, 0.15) is 5.82 Å². The number of amides is 1. The van der Waals surface area contributed by atoms with Crippen LogP contribution in [0.4, 0.5) is 4.39 Å². The van der Waals surface area contributed by atoms with Crippen LogP contribution < -0.4 is 0 Å².